The fourth-order valence-corrected chi connectivity index (χ4v) is 2.16. The average molecular weight is 264 g/mol. The molecule has 0 saturated heterocycles. The molecule has 0 spiro atoms. The Balaban J connectivity index is 2.23. The number of rotatable bonds is 4. The largest absolute Gasteiger partial charge is 0.476 e. The van der Waals surface area contributed by atoms with Crippen molar-refractivity contribution in [2.45, 2.75) is 13.5 Å². The number of carbonyl (C=O) groups is 1. The van der Waals surface area contributed by atoms with E-state index < -0.39 is 5.97 Å². The highest BCUT2D eigenvalue weighted by Gasteiger charge is 2.16. The van der Waals surface area contributed by atoms with Crippen LogP contribution in [0.15, 0.2) is 17.8 Å². The molecule has 6 nitrogen and oxygen atoms in total. The van der Waals surface area contributed by atoms with Crippen LogP contribution in [0.4, 0.5) is 5.82 Å². The fourth-order valence-electron chi connectivity index (χ4n) is 1.56. The number of aromatic carboxylic acids is 1. The molecule has 18 heavy (non-hydrogen) atoms. The number of aryl methyl sites for hydroxylation is 1. The number of thiazole rings is 1. The van der Waals surface area contributed by atoms with Crippen LogP contribution < -0.4 is 4.90 Å². The van der Waals surface area contributed by atoms with Crippen LogP contribution in [0.5, 0.6) is 0 Å². The van der Waals surface area contributed by atoms with Crippen molar-refractivity contribution < 1.29 is 9.90 Å². The molecule has 2 rings (SSSR count). The molecule has 2 heterocycles. The topological polar surface area (TPSA) is 79.2 Å². The second-order valence-electron chi connectivity index (χ2n) is 3.75. The van der Waals surface area contributed by atoms with E-state index in [4.69, 9.17) is 5.11 Å². The molecule has 0 radical (unpaired) electrons. The molecule has 0 aliphatic heterocycles. The summed E-state index contributed by atoms with van der Waals surface area (Å²) < 4.78 is 0. The van der Waals surface area contributed by atoms with Gasteiger partial charge in [-0.15, -0.1) is 11.3 Å². The minimum atomic E-state index is -1.08. The summed E-state index contributed by atoms with van der Waals surface area (Å²) in [6.07, 6.45) is 2.85. The molecule has 0 saturated carbocycles. The lowest BCUT2D eigenvalue weighted by atomic mass is 10.3. The molecule has 0 unspecified atom stereocenters. The van der Waals surface area contributed by atoms with Crippen LogP contribution in [0.1, 0.15) is 21.2 Å². The van der Waals surface area contributed by atoms with Gasteiger partial charge in [-0.1, -0.05) is 0 Å². The van der Waals surface area contributed by atoms with Crippen LogP contribution in [0.25, 0.3) is 0 Å². The van der Waals surface area contributed by atoms with Gasteiger partial charge in [0.25, 0.3) is 0 Å². The normalized spacial score (nSPS) is 10.3. The summed E-state index contributed by atoms with van der Waals surface area (Å²) in [6, 6.07) is 0. The summed E-state index contributed by atoms with van der Waals surface area (Å²) in [7, 11) is 1.77. The van der Waals surface area contributed by atoms with Gasteiger partial charge in [-0.25, -0.2) is 19.7 Å². The van der Waals surface area contributed by atoms with E-state index in [9.17, 15) is 4.79 Å². The van der Waals surface area contributed by atoms with Gasteiger partial charge in [-0.05, 0) is 6.92 Å². The summed E-state index contributed by atoms with van der Waals surface area (Å²) in [5.41, 5.74) is 0.842. The summed E-state index contributed by atoms with van der Waals surface area (Å²) in [5, 5.41) is 12.0. The average Bonchev–Trinajstić information content (AvgIpc) is 2.74. The van der Waals surface area contributed by atoms with Gasteiger partial charge < -0.3 is 10.0 Å². The minimum absolute atomic E-state index is 0.0491. The Morgan fingerprint density at radius 2 is 2.17 bits per heavy atom. The van der Waals surface area contributed by atoms with Crippen LogP contribution in [0, 0.1) is 6.92 Å². The van der Waals surface area contributed by atoms with Crippen LogP contribution in [0.3, 0.4) is 0 Å². The predicted molar refractivity (Wildman–Crippen MR) is 67.9 cm³/mol. The first kappa shape index (κ1) is 12.4. The second kappa shape index (κ2) is 5.09. The first-order chi connectivity index (χ1) is 8.58. The van der Waals surface area contributed by atoms with Gasteiger partial charge in [0.15, 0.2) is 11.5 Å². The van der Waals surface area contributed by atoms with Crippen molar-refractivity contribution >= 4 is 23.1 Å². The Labute approximate surface area is 108 Å². The number of hydrogen-bond donors (Lipinski definition) is 1. The Kier molecular flexibility index (Phi) is 3.52. The van der Waals surface area contributed by atoms with Crippen LogP contribution in [0.2, 0.25) is 0 Å². The highest BCUT2D eigenvalue weighted by atomic mass is 32.1. The molecule has 1 N–H and O–H groups in total. The van der Waals surface area contributed by atoms with Gasteiger partial charge in [0.05, 0.1) is 17.2 Å². The number of aromatic nitrogens is 3. The smallest absolute Gasteiger partial charge is 0.358 e. The number of hydrogen-bond acceptors (Lipinski definition) is 6. The third-order valence-electron chi connectivity index (χ3n) is 2.31. The van der Waals surface area contributed by atoms with Crippen LogP contribution in [-0.4, -0.2) is 33.1 Å². The van der Waals surface area contributed by atoms with Crippen LogP contribution in [-0.2, 0) is 6.54 Å². The molecular formula is C11H12N4O2S. The van der Waals surface area contributed by atoms with Crippen molar-refractivity contribution in [1.82, 2.24) is 15.0 Å². The maximum Gasteiger partial charge on any atom is 0.358 e. The third kappa shape index (κ3) is 2.62. The molecule has 0 fully saturated rings. The van der Waals surface area contributed by atoms with Gasteiger partial charge >= 0.3 is 5.97 Å². The van der Waals surface area contributed by atoms with E-state index in [1.807, 2.05) is 12.3 Å². The predicted octanol–water partition coefficient (Wildman–Crippen LogP) is 1.58. The summed E-state index contributed by atoms with van der Waals surface area (Å²) >= 11 is 1.56. The molecule has 0 bridgehead atoms. The molecule has 0 aliphatic carbocycles. The molecule has 0 aromatic carbocycles. The highest BCUT2D eigenvalue weighted by Crippen LogP contribution is 2.17. The quantitative estimate of drug-likeness (QED) is 0.903. The maximum absolute atomic E-state index is 11.0. The number of nitrogens with zero attached hydrogens (tertiary/aromatic N) is 4. The lowest BCUT2D eigenvalue weighted by molar-refractivity contribution is 0.0690. The summed E-state index contributed by atoms with van der Waals surface area (Å²) in [4.78, 5) is 25.0. The monoisotopic (exact) mass is 264 g/mol. The van der Waals surface area contributed by atoms with Crippen LogP contribution >= 0.6 is 11.3 Å². The van der Waals surface area contributed by atoms with Gasteiger partial charge in [-0.3, -0.25) is 0 Å². The molecule has 0 amide bonds. The molecule has 2 aromatic heterocycles. The zero-order valence-corrected chi connectivity index (χ0v) is 10.8. The lowest BCUT2D eigenvalue weighted by Gasteiger charge is -2.17. The molecule has 7 heteroatoms. The molecule has 94 valence electrons. The van der Waals surface area contributed by atoms with E-state index in [1.165, 1.54) is 12.4 Å². The van der Waals surface area contributed by atoms with Gasteiger partial charge in [0.1, 0.15) is 0 Å². The second-order valence-corrected chi connectivity index (χ2v) is 4.81. The van der Waals surface area contributed by atoms with Crippen molar-refractivity contribution in [3.05, 3.63) is 34.2 Å². The lowest BCUT2D eigenvalue weighted by Crippen LogP contribution is -2.21. The van der Waals surface area contributed by atoms with Crippen molar-refractivity contribution in [3.8, 4) is 0 Å². The number of anilines is 1. The zero-order valence-electron chi connectivity index (χ0n) is 9.99. The van der Waals surface area contributed by atoms with Gasteiger partial charge in [0, 0.05) is 24.8 Å². The molecule has 2 aromatic rings. The van der Waals surface area contributed by atoms with E-state index in [-0.39, 0.29) is 5.69 Å². The maximum atomic E-state index is 11.0. The number of carboxylic acid groups (broad SMARTS) is 1. The summed E-state index contributed by atoms with van der Waals surface area (Å²) in [6.45, 7) is 2.43. The Bertz CT molecular complexity index is 570. The van der Waals surface area contributed by atoms with E-state index in [0.717, 1.165) is 10.7 Å². The Morgan fingerprint density at radius 1 is 1.44 bits per heavy atom. The van der Waals surface area contributed by atoms with E-state index in [0.29, 0.717) is 12.4 Å². The Hall–Kier alpha value is -2.02. The van der Waals surface area contributed by atoms with Crippen molar-refractivity contribution in [2.75, 3.05) is 11.9 Å². The SMILES string of the molecule is Cc1nc(CN(C)c2nccnc2C(=O)O)cs1. The van der Waals surface area contributed by atoms with Crippen molar-refractivity contribution in [3.63, 3.8) is 0 Å². The fraction of sp³-hybridized carbons (Fsp3) is 0.273. The molecular weight excluding hydrogens is 252 g/mol. The third-order valence-corrected chi connectivity index (χ3v) is 3.13. The molecule has 0 aliphatic rings. The standard InChI is InChI=1S/C11H12N4O2S/c1-7-14-8(6-18-7)5-15(2)10-9(11(16)17)12-3-4-13-10/h3-4,6H,5H2,1-2H3,(H,16,17). The van der Waals surface area contributed by atoms with E-state index in [1.54, 1.807) is 23.3 Å². The molecule has 0 atom stereocenters. The first-order valence-corrected chi connectivity index (χ1v) is 6.12. The van der Waals surface area contributed by atoms with E-state index in [2.05, 4.69) is 15.0 Å². The first-order valence-electron chi connectivity index (χ1n) is 5.24. The minimum Gasteiger partial charge on any atom is -0.476 e. The van der Waals surface area contributed by atoms with Crippen molar-refractivity contribution in [2.24, 2.45) is 0 Å². The van der Waals surface area contributed by atoms with Crippen molar-refractivity contribution in [1.29, 1.82) is 0 Å². The number of carboxylic acids is 1. The zero-order chi connectivity index (χ0) is 13.1. The highest BCUT2D eigenvalue weighted by molar-refractivity contribution is 7.09. The van der Waals surface area contributed by atoms with Gasteiger partial charge in [0.2, 0.25) is 0 Å². The Morgan fingerprint density at radius 3 is 2.78 bits per heavy atom. The summed E-state index contributed by atoms with van der Waals surface area (Å²) in [5.74, 6) is -0.741. The van der Waals surface area contributed by atoms with Gasteiger partial charge in [-0.2, -0.15) is 0 Å². The van der Waals surface area contributed by atoms with E-state index >= 15 is 0 Å².